The largest absolute Gasteiger partial charge is 0.431 e. The average molecular weight is 309 g/mol. The van der Waals surface area contributed by atoms with Crippen LogP contribution in [-0.4, -0.2) is 4.98 Å². The molecular weight excluding hydrogens is 305 g/mol. The van der Waals surface area contributed by atoms with Crippen molar-refractivity contribution in [3.05, 3.63) is 39.0 Å². The Morgan fingerprint density at radius 3 is 2.87 bits per heavy atom. The summed E-state index contributed by atoms with van der Waals surface area (Å²) >= 11 is 10.1. The number of thiazole rings is 1. The van der Waals surface area contributed by atoms with Gasteiger partial charge in [-0.3, -0.25) is 0 Å². The summed E-state index contributed by atoms with van der Waals surface area (Å²) in [4.78, 5) is 4.02. The maximum absolute atomic E-state index is 13.0. The van der Waals surface area contributed by atoms with Crippen LogP contribution in [0.5, 0.6) is 10.9 Å². The minimum absolute atomic E-state index is 0.0719. The van der Waals surface area contributed by atoms with Gasteiger partial charge in [0.2, 0.25) is 0 Å². The Morgan fingerprint density at radius 1 is 1.47 bits per heavy atom. The lowest BCUT2D eigenvalue weighted by molar-refractivity contribution is 0.472. The van der Waals surface area contributed by atoms with Crippen molar-refractivity contribution in [3.8, 4) is 10.9 Å². The van der Waals surface area contributed by atoms with E-state index in [1.54, 1.807) is 11.4 Å². The Balaban J connectivity index is 2.21. The maximum Gasteiger partial charge on any atom is 0.279 e. The number of benzene rings is 1. The second kappa shape index (κ2) is 4.47. The zero-order valence-electron chi connectivity index (χ0n) is 7.21. The van der Waals surface area contributed by atoms with Crippen LogP contribution >= 0.6 is 38.9 Å². The zero-order chi connectivity index (χ0) is 10.8. The van der Waals surface area contributed by atoms with E-state index in [4.69, 9.17) is 16.3 Å². The third-order valence-corrected chi connectivity index (χ3v) is 3.28. The molecule has 0 unspecified atom stereocenters. The van der Waals surface area contributed by atoms with Crippen molar-refractivity contribution in [2.45, 2.75) is 0 Å². The summed E-state index contributed by atoms with van der Waals surface area (Å²) in [6.07, 6.45) is 0. The van der Waals surface area contributed by atoms with Gasteiger partial charge in [0.15, 0.2) is 0 Å². The van der Waals surface area contributed by atoms with Crippen LogP contribution in [0.25, 0.3) is 0 Å². The Morgan fingerprint density at radius 2 is 2.27 bits per heavy atom. The number of halogens is 3. The molecule has 0 spiro atoms. The number of rotatable bonds is 2. The van der Waals surface area contributed by atoms with Gasteiger partial charge in [0, 0.05) is 11.4 Å². The fourth-order valence-electron chi connectivity index (χ4n) is 0.927. The van der Waals surface area contributed by atoms with E-state index < -0.39 is 5.82 Å². The molecule has 2 nitrogen and oxygen atoms in total. The van der Waals surface area contributed by atoms with E-state index in [-0.39, 0.29) is 5.02 Å². The molecule has 1 aromatic heterocycles. The van der Waals surface area contributed by atoms with E-state index >= 15 is 0 Å². The number of aromatic nitrogens is 1. The molecule has 2 aromatic rings. The Bertz CT molecular complexity index is 491. The first-order valence-corrected chi connectivity index (χ1v) is 5.94. The smallest absolute Gasteiger partial charge is 0.279 e. The summed E-state index contributed by atoms with van der Waals surface area (Å²) in [5, 5.41) is 2.30. The lowest BCUT2D eigenvalue weighted by Crippen LogP contribution is -1.84. The van der Waals surface area contributed by atoms with Crippen LogP contribution in [0, 0.1) is 5.82 Å². The minimum atomic E-state index is -0.509. The summed E-state index contributed by atoms with van der Waals surface area (Å²) in [7, 11) is 0. The number of ether oxygens (including phenoxy) is 1. The first-order valence-electron chi connectivity index (χ1n) is 3.89. The zero-order valence-corrected chi connectivity index (χ0v) is 10.4. The Labute approximate surface area is 103 Å². The molecule has 1 aromatic carbocycles. The topological polar surface area (TPSA) is 22.1 Å². The van der Waals surface area contributed by atoms with E-state index in [2.05, 4.69) is 20.9 Å². The summed E-state index contributed by atoms with van der Waals surface area (Å²) in [6.45, 7) is 0. The van der Waals surface area contributed by atoms with Crippen LogP contribution in [0.2, 0.25) is 5.02 Å². The SMILES string of the molecule is Fc1cc(Oc2nc(Br)cs2)ccc1Cl. The van der Waals surface area contributed by atoms with Crippen molar-refractivity contribution in [2.75, 3.05) is 0 Å². The van der Waals surface area contributed by atoms with Crippen LogP contribution < -0.4 is 4.74 Å². The quantitative estimate of drug-likeness (QED) is 0.815. The van der Waals surface area contributed by atoms with Crippen LogP contribution in [-0.2, 0) is 0 Å². The molecule has 6 heteroatoms. The highest BCUT2D eigenvalue weighted by Gasteiger charge is 2.05. The predicted molar refractivity (Wildman–Crippen MR) is 61.3 cm³/mol. The first kappa shape index (κ1) is 10.9. The lowest BCUT2D eigenvalue weighted by atomic mass is 10.3. The molecule has 2 rings (SSSR count). The minimum Gasteiger partial charge on any atom is -0.431 e. The molecule has 0 amide bonds. The lowest BCUT2D eigenvalue weighted by Gasteiger charge is -2.01. The van der Waals surface area contributed by atoms with Gasteiger partial charge in [0.25, 0.3) is 5.19 Å². The molecule has 0 saturated carbocycles. The van der Waals surface area contributed by atoms with Crippen molar-refractivity contribution in [1.29, 1.82) is 0 Å². The molecule has 78 valence electrons. The Hall–Kier alpha value is -0.650. The van der Waals surface area contributed by atoms with Crippen molar-refractivity contribution in [1.82, 2.24) is 4.98 Å². The van der Waals surface area contributed by atoms with Gasteiger partial charge in [-0.1, -0.05) is 22.9 Å². The number of nitrogens with zero attached hydrogens (tertiary/aromatic N) is 1. The highest BCUT2D eigenvalue weighted by Crippen LogP contribution is 2.29. The van der Waals surface area contributed by atoms with Crippen LogP contribution in [0.3, 0.4) is 0 Å². The fourth-order valence-corrected chi connectivity index (χ4v) is 2.15. The van der Waals surface area contributed by atoms with Gasteiger partial charge in [0.05, 0.1) is 5.02 Å². The number of hydrogen-bond acceptors (Lipinski definition) is 3. The van der Waals surface area contributed by atoms with E-state index in [0.717, 1.165) is 0 Å². The number of hydrogen-bond donors (Lipinski definition) is 0. The van der Waals surface area contributed by atoms with Crippen LogP contribution in [0.4, 0.5) is 4.39 Å². The molecule has 15 heavy (non-hydrogen) atoms. The highest BCUT2D eigenvalue weighted by molar-refractivity contribution is 9.10. The van der Waals surface area contributed by atoms with Gasteiger partial charge >= 0.3 is 0 Å². The molecule has 0 aliphatic rings. The summed E-state index contributed by atoms with van der Waals surface area (Å²) in [5.74, 6) is -0.136. The fraction of sp³-hybridized carbons (Fsp3) is 0. The molecule has 1 heterocycles. The summed E-state index contributed by atoms with van der Waals surface area (Å²) in [6, 6.07) is 4.24. The van der Waals surface area contributed by atoms with E-state index in [9.17, 15) is 4.39 Å². The van der Waals surface area contributed by atoms with Crippen molar-refractivity contribution in [3.63, 3.8) is 0 Å². The molecular formula is C9H4BrClFNOS. The predicted octanol–water partition coefficient (Wildman–Crippen LogP) is 4.49. The summed E-state index contributed by atoms with van der Waals surface area (Å²) in [5.41, 5.74) is 0. The Kier molecular flexibility index (Phi) is 3.23. The maximum atomic E-state index is 13.0. The van der Waals surface area contributed by atoms with Gasteiger partial charge < -0.3 is 4.74 Å². The highest BCUT2D eigenvalue weighted by atomic mass is 79.9. The summed E-state index contributed by atoms with van der Waals surface area (Å²) < 4.78 is 19.1. The average Bonchev–Trinajstić information content (AvgIpc) is 2.58. The van der Waals surface area contributed by atoms with Gasteiger partial charge in [-0.05, 0) is 28.1 Å². The van der Waals surface area contributed by atoms with Gasteiger partial charge in [-0.25, -0.2) is 4.39 Å². The van der Waals surface area contributed by atoms with E-state index in [1.165, 1.54) is 23.5 Å². The van der Waals surface area contributed by atoms with Crippen molar-refractivity contribution < 1.29 is 9.13 Å². The van der Waals surface area contributed by atoms with Gasteiger partial charge in [0.1, 0.15) is 16.2 Å². The monoisotopic (exact) mass is 307 g/mol. The van der Waals surface area contributed by atoms with Crippen molar-refractivity contribution >= 4 is 38.9 Å². The van der Waals surface area contributed by atoms with Gasteiger partial charge in [-0.2, -0.15) is 4.98 Å². The first-order chi connectivity index (χ1) is 7.15. The second-order valence-corrected chi connectivity index (χ2v) is 4.65. The molecule has 0 N–H and O–H groups in total. The second-order valence-electron chi connectivity index (χ2n) is 2.61. The standard InChI is InChI=1S/C9H4BrClFNOS/c10-8-4-15-9(13-8)14-5-1-2-6(11)7(12)3-5/h1-4H. The third-order valence-electron chi connectivity index (χ3n) is 1.55. The normalized spacial score (nSPS) is 10.3. The molecule has 0 saturated heterocycles. The van der Waals surface area contributed by atoms with Crippen LogP contribution in [0.15, 0.2) is 28.2 Å². The van der Waals surface area contributed by atoms with Crippen molar-refractivity contribution in [2.24, 2.45) is 0 Å². The van der Waals surface area contributed by atoms with E-state index in [0.29, 0.717) is 15.5 Å². The molecule has 0 fully saturated rings. The molecule has 0 aliphatic heterocycles. The molecule has 0 aliphatic carbocycles. The van der Waals surface area contributed by atoms with E-state index in [1.807, 2.05) is 0 Å². The van der Waals surface area contributed by atoms with Gasteiger partial charge in [-0.15, -0.1) is 0 Å². The molecule has 0 atom stereocenters. The van der Waals surface area contributed by atoms with Crippen LogP contribution in [0.1, 0.15) is 0 Å². The molecule has 0 bridgehead atoms. The third kappa shape index (κ3) is 2.68. The molecule has 0 radical (unpaired) electrons.